The number of carbonyl (C=O) groups excluding carboxylic acids is 2. The molecule has 4 nitrogen and oxygen atoms in total. The number of hydrogen-bond acceptors (Lipinski definition) is 6. The van der Waals surface area contributed by atoms with Crippen molar-refractivity contribution in [3.05, 3.63) is 0 Å². The van der Waals surface area contributed by atoms with Gasteiger partial charge in [-0.05, 0) is 13.8 Å². The van der Waals surface area contributed by atoms with Gasteiger partial charge in [0.05, 0.1) is 0 Å². The molecule has 98 valence electrons. The molecule has 2 fully saturated rings. The highest BCUT2D eigenvalue weighted by Gasteiger charge is 2.49. The first-order valence-electron chi connectivity index (χ1n) is 5.55. The molecule has 0 aromatic heterocycles. The molecule has 2 saturated heterocycles. The van der Waals surface area contributed by atoms with Crippen LogP contribution in [0.4, 0.5) is 0 Å². The van der Waals surface area contributed by atoms with Crippen LogP contribution >= 0.6 is 48.0 Å². The van der Waals surface area contributed by atoms with E-state index in [0.29, 0.717) is 21.7 Å². The van der Waals surface area contributed by atoms with Crippen molar-refractivity contribution >= 4 is 68.4 Å². The van der Waals surface area contributed by atoms with E-state index in [1.54, 1.807) is 9.80 Å². The third-order valence-electron chi connectivity index (χ3n) is 2.82. The second-order valence-electron chi connectivity index (χ2n) is 3.77. The second-order valence-corrected chi connectivity index (χ2v) is 7.32. The topological polar surface area (TPSA) is 40.6 Å². The fraction of sp³-hybridized carbons (Fsp3) is 0.600. The molecular formula is C10H12N2O2S4. The zero-order chi connectivity index (χ0) is 13.4. The average Bonchev–Trinajstić information content (AvgIpc) is 2.76. The molecule has 2 heterocycles. The summed E-state index contributed by atoms with van der Waals surface area (Å²) in [7, 11) is 0. The van der Waals surface area contributed by atoms with Gasteiger partial charge in [-0.15, -0.1) is 0 Å². The fourth-order valence-electron chi connectivity index (χ4n) is 1.88. The Labute approximate surface area is 125 Å². The van der Waals surface area contributed by atoms with Crippen molar-refractivity contribution in [2.75, 3.05) is 13.1 Å². The van der Waals surface area contributed by atoms with E-state index in [1.165, 1.54) is 23.5 Å². The number of rotatable bonds is 3. The number of thiocarbonyl (C=S) groups is 2. The van der Waals surface area contributed by atoms with Crippen LogP contribution in [0.1, 0.15) is 13.8 Å². The summed E-state index contributed by atoms with van der Waals surface area (Å²) in [6, 6.07) is 0. The molecule has 2 aliphatic rings. The second kappa shape index (κ2) is 5.44. The van der Waals surface area contributed by atoms with Crippen molar-refractivity contribution in [3.63, 3.8) is 0 Å². The minimum Gasteiger partial charge on any atom is -0.297 e. The third kappa shape index (κ3) is 2.19. The van der Waals surface area contributed by atoms with E-state index < -0.39 is 10.5 Å². The quantitative estimate of drug-likeness (QED) is 0.734. The molecule has 0 radical (unpaired) electrons. The Morgan fingerprint density at radius 3 is 1.50 bits per heavy atom. The third-order valence-corrected chi connectivity index (χ3v) is 6.31. The summed E-state index contributed by atoms with van der Waals surface area (Å²) < 4.78 is 1.11. The molecule has 2 aliphatic heterocycles. The minimum absolute atomic E-state index is 0.0703. The van der Waals surface area contributed by atoms with Crippen LogP contribution in [0.5, 0.6) is 0 Å². The maximum atomic E-state index is 12.2. The van der Waals surface area contributed by atoms with Crippen LogP contribution in [0.25, 0.3) is 0 Å². The van der Waals surface area contributed by atoms with Crippen molar-refractivity contribution in [3.8, 4) is 0 Å². The van der Waals surface area contributed by atoms with E-state index in [4.69, 9.17) is 24.4 Å². The summed E-state index contributed by atoms with van der Waals surface area (Å²) >= 11 is 12.9. The number of amides is 2. The van der Waals surface area contributed by atoms with E-state index >= 15 is 0 Å². The molecule has 2 unspecified atom stereocenters. The molecule has 0 aromatic rings. The SMILES string of the molecule is CCN1C(=O)C(C2SC(=S)N(CC)C2=O)SC1=S. The molecule has 0 aromatic carbocycles. The molecule has 0 bridgehead atoms. The van der Waals surface area contributed by atoms with Crippen molar-refractivity contribution in [2.45, 2.75) is 24.3 Å². The van der Waals surface area contributed by atoms with Gasteiger partial charge in [-0.1, -0.05) is 48.0 Å². The summed E-state index contributed by atoms with van der Waals surface area (Å²) in [6.07, 6.45) is 0. The first-order chi connectivity index (χ1) is 8.51. The Morgan fingerprint density at radius 1 is 0.944 bits per heavy atom. The monoisotopic (exact) mass is 320 g/mol. The first-order valence-corrected chi connectivity index (χ1v) is 8.12. The zero-order valence-electron chi connectivity index (χ0n) is 9.91. The Balaban J connectivity index is 2.20. The smallest absolute Gasteiger partial charge is 0.243 e. The lowest BCUT2D eigenvalue weighted by Crippen LogP contribution is -2.40. The van der Waals surface area contributed by atoms with Gasteiger partial charge in [-0.25, -0.2) is 0 Å². The molecule has 2 atom stereocenters. The largest absolute Gasteiger partial charge is 0.297 e. The van der Waals surface area contributed by atoms with Crippen LogP contribution in [0, 0.1) is 0 Å². The van der Waals surface area contributed by atoms with Gasteiger partial charge in [-0.3, -0.25) is 19.4 Å². The minimum atomic E-state index is -0.426. The number of hydrogen-bond donors (Lipinski definition) is 0. The molecule has 8 heteroatoms. The molecule has 0 N–H and O–H groups in total. The standard InChI is InChI=1S/C10H12N2O2S4/c1-3-11-7(13)5(17-9(11)15)6-8(14)12(4-2)10(16)18-6/h5-6H,3-4H2,1-2H3. The van der Waals surface area contributed by atoms with Gasteiger partial charge >= 0.3 is 0 Å². The highest BCUT2D eigenvalue weighted by molar-refractivity contribution is 8.27. The fourth-order valence-corrected chi connectivity index (χ4v) is 5.34. The van der Waals surface area contributed by atoms with Crippen molar-refractivity contribution in [1.29, 1.82) is 0 Å². The van der Waals surface area contributed by atoms with Crippen LogP contribution in [0.2, 0.25) is 0 Å². The molecule has 0 spiro atoms. The summed E-state index contributed by atoms with van der Waals surface area (Å²) in [4.78, 5) is 27.4. The summed E-state index contributed by atoms with van der Waals surface area (Å²) in [5.74, 6) is -0.141. The molecule has 2 rings (SSSR count). The maximum absolute atomic E-state index is 12.2. The van der Waals surface area contributed by atoms with Crippen molar-refractivity contribution in [1.82, 2.24) is 9.80 Å². The Morgan fingerprint density at radius 2 is 1.28 bits per heavy atom. The lowest BCUT2D eigenvalue weighted by atomic mass is 10.2. The summed E-state index contributed by atoms with van der Waals surface area (Å²) in [5, 5.41) is -0.853. The van der Waals surface area contributed by atoms with Gasteiger partial charge in [0.1, 0.15) is 19.1 Å². The highest BCUT2D eigenvalue weighted by atomic mass is 32.2. The van der Waals surface area contributed by atoms with E-state index in [0.717, 1.165) is 0 Å². The lowest BCUT2D eigenvalue weighted by molar-refractivity contribution is -0.130. The Kier molecular flexibility index (Phi) is 4.30. The number of carbonyl (C=O) groups is 2. The van der Waals surface area contributed by atoms with Crippen molar-refractivity contribution in [2.24, 2.45) is 0 Å². The molecule has 0 saturated carbocycles. The molecular weight excluding hydrogens is 308 g/mol. The van der Waals surface area contributed by atoms with E-state index in [9.17, 15) is 9.59 Å². The Bertz CT molecular complexity index is 400. The van der Waals surface area contributed by atoms with Gasteiger partial charge in [0.25, 0.3) is 0 Å². The first kappa shape index (κ1) is 14.2. The van der Waals surface area contributed by atoms with Crippen molar-refractivity contribution < 1.29 is 9.59 Å². The van der Waals surface area contributed by atoms with Crippen LogP contribution < -0.4 is 0 Å². The van der Waals surface area contributed by atoms with E-state index in [-0.39, 0.29) is 11.8 Å². The maximum Gasteiger partial charge on any atom is 0.243 e. The van der Waals surface area contributed by atoms with Gasteiger partial charge < -0.3 is 0 Å². The van der Waals surface area contributed by atoms with Gasteiger partial charge in [0, 0.05) is 13.1 Å². The lowest BCUT2D eigenvalue weighted by Gasteiger charge is -2.15. The van der Waals surface area contributed by atoms with Crippen LogP contribution in [-0.4, -0.2) is 53.8 Å². The Hall–Kier alpha value is -0.180. The highest BCUT2D eigenvalue weighted by Crippen LogP contribution is 2.39. The van der Waals surface area contributed by atoms with Gasteiger partial charge in [0.15, 0.2) is 0 Å². The predicted octanol–water partition coefficient (Wildman–Crippen LogP) is 1.48. The van der Waals surface area contributed by atoms with Gasteiger partial charge in [-0.2, -0.15) is 0 Å². The molecule has 0 aliphatic carbocycles. The van der Waals surface area contributed by atoms with Crippen LogP contribution in [-0.2, 0) is 9.59 Å². The summed E-state index contributed by atoms with van der Waals surface area (Å²) in [6.45, 7) is 4.85. The van der Waals surface area contributed by atoms with Crippen LogP contribution in [0.15, 0.2) is 0 Å². The average molecular weight is 320 g/mol. The molecule has 2 amide bonds. The molecule has 18 heavy (non-hydrogen) atoms. The van der Waals surface area contributed by atoms with Crippen LogP contribution in [0.3, 0.4) is 0 Å². The van der Waals surface area contributed by atoms with E-state index in [1.807, 2.05) is 13.8 Å². The zero-order valence-corrected chi connectivity index (χ0v) is 13.2. The normalized spacial score (nSPS) is 28.8. The number of thioether (sulfide) groups is 2. The predicted molar refractivity (Wildman–Crippen MR) is 82.7 cm³/mol. The van der Waals surface area contributed by atoms with Gasteiger partial charge in [0.2, 0.25) is 11.8 Å². The van der Waals surface area contributed by atoms with E-state index in [2.05, 4.69) is 0 Å². The number of nitrogens with zero attached hydrogens (tertiary/aromatic N) is 2. The summed E-state index contributed by atoms with van der Waals surface area (Å²) in [5.41, 5.74) is 0.